The first-order valence-corrected chi connectivity index (χ1v) is 8.12. The number of alkyl halides is 1. The summed E-state index contributed by atoms with van der Waals surface area (Å²) in [7, 11) is -3.67. The molecule has 0 heterocycles. The van der Waals surface area contributed by atoms with Gasteiger partial charge in [0.15, 0.2) is 0 Å². The standard InChI is InChI=1S/C13H19ClFNO2S/c1-4-13(3,7-8-14)16-19(17,18)12-6-5-11(15)9-10(12)2/h5-6,9,16H,4,7-8H2,1-3H3. The molecule has 1 atom stereocenters. The molecule has 0 aromatic heterocycles. The van der Waals surface area contributed by atoms with Crippen molar-refractivity contribution in [3.8, 4) is 0 Å². The van der Waals surface area contributed by atoms with Crippen LogP contribution >= 0.6 is 11.6 Å². The second-order valence-corrected chi connectivity index (χ2v) is 6.90. The Labute approximate surface area is 119 Å². The molecule has 1 aromatic carbocycles. The highest BCUT2D eigenvalue weighted by molar-refractivity contribution is 7.89. The molecule has 108 valence electrons. The zero-order chi connectivity index (χ0) is 14.7. The average Bonchev–Trinajstić information content (AvgIpc) is 2.27. The molecule has 1 rings (SSSR count). The summed E-state index contributed by atoms with van der Waals surface area (Å²) in [6, 6.07) is 3.63. The highest BCUT2D eigenvalue weighted by Gasteiger charge is 2.29. The Bertz CT molecular complexity index is 548. The third-order valence-electron chi connectivity index (χ3n) is 3.23. The van der Waals surface area contributed by atoms with E-state index in [-0.39, 0.29) is 4.90 Å². The van der Waals surface area contributed by atoms with E-state index < -0.39 is 21.4 Å². The highest BCUT2D eigenvalue weighted by atomic mass is 35.5. The van der Waals surface area contributed by atoms with Gasteiger partial charge in [0.25, 0.3) is 0 Å². The number of rotatable bonds is 6. The molecule has 0 saturated heterocycles. The molecule has 1 unspecified atom stereocenters. The smallest absolute Gasteiger partial charge is 0.207 e. The third kappa shape index (κ3) is 4.16. The molecule has 0 aliphatic rings. The molecule has 0 aliphatic heterocycles. The Morgan fingerprint density at radius 1 is 1.42 bits per heavy atom. The van der Waals surface area contributed by atoms with E-state index in [0.29, 0.717) is 24.3 Å². The molecule has 3 nitrogen and oxygen atoms in total. The molecule has 6 heteroatoms. The van der Waals surface area contributed by atoms with Crippen LogP contribution in [0.4, 0.5) is 4.39 Å². The lowest BCUT2D eigenvalue weighted by atomic mass is 9.97. The van der Waals surface area contributed by atoms with Crippen molar-refractivity contribution in [1.29, 1.82) is 0 Å². The van der Waals surface area contributed by atoms with Crippen molar-refractivity contribution in [2.45, 2.75) is 44.0 Å². The van der Waals surface area contributed by atoms with Crippen LogP contribution in [0, 0.1) is 12.7 Å². The highest BCUT2D eigenvalue weighted by Crippen LogP contribution is 2.22. The molecule has 0 spiro atoms. The summed E-state index contributed by atoms with van der Waals surface area (Å²) in [4.78, 5) is 0.100. The summed E-state index contributed by atoms with van der Waals surface area (Å²) in [5.74, 6) is -0.0783. The predicted octanol–water partition coefficient (Wildman–Crippen LogP) is 3.21. The maximum Gasteiger partial charge on any atom is 0.241 e. The lowest BCUT2D eigenvalue weighted by molar-refractivity contribution is 0.390. The van der Waals surface area contributed by atoms with E-state index in [4.69, 9.17) is 11.6 Å². The Hall–Kier alpha value is -0.650. The maximum absolute atomic E-state index is 13.0. The lowest BCUT2D eigenvalue weighted by Crippen LogP contribution is -2.45. The zero-order valence-electron chi connectivity index (χ0n) is 11.3. The van der Waals surface area contributed by atoms with E-state index in [9.17, 15) is 12.8 Å². The monoisotopic (exact) mass is 307 g/mol. The summed E-state index contributed by atoms with van der Waals surface area (Å²) in [5.41, 5.74) is -0.210. The molecule has 1 aromatic rings. The SMILES string of the molecule is CCC(C)(CCCl)NS(=O)(=O)c1ccc(F)cc1C. The number of hydrogen-bond donors (Lipinski definition) is 1. The lowest BCUT2D eigenvalue weighted by Gasteiger charge is -2.28. The van der Waals surface area contributed by atoms with Gasteiger partial charge in [0.05, 0.1) is 4.90 Å². The largest absolute Gasteiger partial charge is 0.241 e. The van der Waals surface area contributed by atoms with Gasteiger partial charge < -0.3 is 0 Å². The summed E-state index contributed by atoms with van der Waals surface area (Å²) in [6.45, 7) is 5.28. The molecule has 0 fully saturated rings. The second-order valence-electron chi connectivity index (χ2n) is 4.87. The van der Waals surface area contributed by atoms with Crippen LogP contribution in [0.1, 0.15) is 32.3 Å². The summed E-state index contributed by atoms with van der Waals surface area (Å²) in [5, 5.41) is 0. The van der Waals surface area contributed by atoms with Crippen LogP contribution in [0.2, 0.25) is 0 Å². The Morgan fingerprint density at radius 3 is 2.53 bits per heavy atom. The number of halogens is 2. The van der Waals surface area contributed by atoms with E-state index in [1.54, 1.807) is 6.92 Å². The van der Waals surface area contributed by atoms with E-state index in [2.05, 4.69) is 4.72 Å². The fraction of sp³-hybridized carbons (Fsp3) is 0.538. The zero-order valence-corrected chi connectivity index (χ0v) is 12.9. The van der Waals surface area contributed by atoms with Gasteiger partial charge in [-0.2, -0.15) is 0 Å². The van der Waals surface area contributed by atoms with E-state index in [1.165, 1.54) is 12.1 Å². The van der Waals surface area contributed by atoms with Crippen molar-refractivity contribution >= 4 is 21.6 Å². The predicted molar refractivity (Wildman–Crippen MR) is 75.5 cm³/mol. The molecule has 0 aliphatic carbocycles. The first-order chi connectivity index (χ1) is 8.74. The van der Waals surface area contributed by atoms with Gasteiger partial charge in [-0.3, -0.25) is 0 Å². The van der Waals surface area contributed by atoms with Crippen molar-refractivity contribution < 1.29 is 12.8 Å². The van der Waals surface area contributed by atoms with Gasteiger partial charge in [-0.05, 0) is 50.5 Å². The summed E-state index contributed by atoms with van der Waals surface area (Å²) >= 11 is 5.71. The normalized spacial score (nSPS) is 15.2. The van der Waals surface area contributed by atoms with Crippen molar-refractivity contribution in [1.82, 2.24) is 4.72 Å². The quantitative estimate of drug-likeness (QED) is 0.820. The molecular weight excluding hydrogens is 289 g/mol. The van der Waals surface area contributed by atoms with Gasteiger partial charge in [-0.15, -0.1) is 11.6 Å². The minimum atomic E-state index is -3.67. The minimum Gasteiger partial charge on any atom is -0.207 e. The maximum atomic E-state index is 13.0. The van der Waals surface area contributed by atoms with E-state index in [0.717, 1.165) is 6.07 Å². The van der Waals surface area contributed by atoms with Gasteiger partial charge in [0.2, 0.25) is 10.0 Å². The van der Waals surface area contributed by atoms with Crippen LogP contribution in [0.3, 0.4) is 0 Å². The molecule has 0 bridgehead atoms. The second kappa shape index (κ2) is 6.20. The Kier molecular flexibility index (Phi) is 5.35. The van der Waals surface area contributed by atoms with Crippen molar-refractivity contribution in [3.63, 3.8) is 0 Å². The fourth-order valence-corrected chi connectivity index (χ4v) is 3.95. The van der Waals surface area contributed by atoms with Crippen molar-refractivity contribution in [2.24, 2.45) is 0 Å². The van der Waals surface area contributed by atoms with Crippen LogP contribution in [-0.4, -0.2) is 19.8 Å². The van der Waals surface area contributed by atoms with E-state index >= 15 is 0 Å². The molecule has 1 N–H and O–H groups in total. The van der Waals surface area contributed by atoms with Gasteiger partial charge in [0.1, 0.15) is 5.82 Å². The number of nitrogens with one attached hydrogen (secondary N) is 1. The van der Waals surface area contributed by atoms with Gasteiger partial charge in [0, 0.05) is 11.4 Å². The van der Waals surface area contributed by atoms with Crippen molar-refractivity contribution in [3.05, 3.63) is 29.6 Å². The Morgan fingerprint density at radius 2 is 2.05 bits per heavy atom. The first kappa shape index (κ1) is 16.4. The molecule has 19 heavy (non-hydrogen) atoms. The topological polar surface area (TPSA) is 46.2 Å². The van der Waals surface area contributed by atoms with Gasteiger partial charge in [-0.1, -0.05) is 6.92 Å². The molecule has 0 amide bonds. The summed E-state index contributed by atoms with van der Waals surface area (Å²) < 4.78 is 40.4. The molecule has 0 radical (unpaired) electrons. The van der Waals surface area contributed by atoms with E-state index in [1.807, 2.05) is 13.8 Å². The molecule has 0 saturated carbocycles. The van der Waals surface area contributed by atoms with Crippen LogP contribution in [-0.2, 0) is 10.0 Å². The van der Waals surface area contributed by atoms with Gasteiger partial charge in [-0.25, -0.2) is 17.5 Å². The van der Waals surface area contributed by atoms with Crippen LogP contribution in [0.5, 0.6) is 0 Å². The minimum absolute atomic E-state index is 0.100. The van der Waals surface area contributed by atoms with Crippen LogP contribution in [0.25, 0.3) is 0 Å². The van der Waals surface area contributed by atoms with Crippen LogP contribution < -0.4 is 4.72 Å². The Balaban J connectivity index is 3.10. The van der Waals surface area contributed by atoms with Crippen molar-refractivity contribution in [2.75, 3.05) is 5.88 Å². The van der Waals surface area contributed by atoms with Crippen LogP contribution in [0.15, 0.2) is 23.1 Å². The number of hydrogen-bond acceptors (Lipinski definition) is 2. The number of aryl methyl sites for hydroxylation is 1. The van der Waals surface area contributed by atoms with Gasteiger partial charge >= 0.3 is 0 Å². The first-order valence-electron chi connectivity index (χ1n) is 6.10. The average molecular weight is 308 g/mol. The summed E-state index contributed by atoms with van der Waals surface area (Å²) in [6.07, 6.45) is 1.16. The number of sulfonamides is 1. The third-order valence-corrected chi connectivity index (χ3v) is 5.22. The molecular formula is C13H19ClFNO2S. The number of benzene rings is 1. The fourth-order valence-electron chi connectivity index (χ4n) is 1.80.